The molecular formula is C13H21N3O3S. The van der Waals surface area contributed by atoms with Crippen molar-refractivity contribution in [3.63, 3.8) is 0 Å². The van der Waals surface area contributed by atoms with Crippen molar-refractivity contribution in [2.45, 2.75) is 52.5 Å². The summed E-state index contributed by atoms with van der Waals surface area (Å²) in [7, 11) is 0. The molecule has 112 valence electrons. The number of hydrogen-bond donors (Lipinski definition) is 1. The Morgan fingerprint density at radius 1 is 1.35 bits per heavy atom. The van der Waals surface area contributed by atoms with Crippen molar-refractivity contribution in [3.05, 3.63) is 10.6 Å². The lowest BCUT2D eigenvalue weighted by Gasteiger charge is -2.35. The number of hydrogen-bond acceptors (Lipinski definition) is 5. The van der Waals surface area contributed by atoms with Gasteiger partial charge < -0.3 is 10.0 Å². The van der Waals surface area contributed by atoms with Crippen molar-refractivity contribution in [3.8, 4) is 0 Å². The Kier molecular flexibility index (Phi) is 5.21. The van der Waals surface area contributed by atoms with Gasteiger partial charge in [-0.2, -0.15) is 0 Å². The van der Waals surface area contributed by atoms with Crippen LogP contribution < -0.4 is 0 Å². The first-order valence-electron chi connectivity index (χ1n) is 6.50. The number of rotatable bonds is 5. The van der Waals surface area contributed by atoms with Gasteiger partial charge in [-0.1, -0.05) is 18.3 Å². The molecule has 0 spiro atoms. The van der Waals surface area contributed by atoms with E-state index in [9.17, 15) is 9.59 Å². The van der Waals surface area contributed by atoms with E-state index in [4.69, 9.17) is 5.11 Å². The number of carbonyl (C=O) groups is 2. The molecule has 0 atom stereocenters. The molecule has 0 fully saturated rings. The monoisotopic (exact) mass is 299 g/mol. The maximum absolute atomic E-state index is 12.7. The van der Waals surface area contributed by atoms with E-state index in [0.717, 1.165) is 11.5 Å². The molecule has 1 heterocycles. The molecule has 0 bridgehead atoms. The van der Waals surface area contributed by atoms with Gasteiger partial charge in [0.2, 0.25) is 0 Å². The maximum Gasteiger partial charge on any atom is 0.305 e. The maximum atomic E-state index is 12.7. The lowest BCUT2D eigenvalue weighted by atomic mass is 10.0. The summed E-state index contributed by atoms with van der Waals surface area (Å²) in [6.45, 7) is 9.73. The molecule has 1 rings (SSSR count). The fourth-order valence-electron chi connectivity index (χ4n) is 1.80. The minimum absolute atomic E-state index is 0.0771. The average molecular weight is 299 g/mol. The molecule has 1 aromatic rings. The van der Waals surface area contributed by atoms with Crippen molar-refractivity contribution >= 4 is 23.4 Å². The number of carboxylic acids is 1. The second-order valence-electron chi connectivity index (χ2n) is 5.91. The van der Waals surface area contributed by atoms with Crippen LogP contribution in [0.2, 0.25) is 0 Å². The highest BCUT2D eigenvalue weighted by Crippen LogP contribution is 2.25. The van der Waals surface area contributed by atoms with Gasteiger partial charge in [0.15, 0.2) is 0 Å². The van der Waals surface area contributed by atoms with Gasteiger partial charge in [0, 0.05) is 12.1 Å². The van der Waals surface area contributed by atoms with E-state index in [-0.39, 0.29) is 24.8 Å². The molecule has 1 N–H and O–H groups in total. The predicted octanol–water partition coefficient (Wildman–Crippen LogP) is 2.38. The third kappa shape index (κ3) is 4.00. The summed E-state index contributed by atoms with van der Waals surface area (Å²) in [5, 5.41) is 12.8. The van der Waals surface area contributed by atoms with Crippen molar-refractivity contribution in [1.82, 2.24) is 14.5 Å². The summed E-state index contributed by atoms with van der Waals surface area (Å²) in [4.78, 5) is 25.5. The van der Waals surface area contributed by atoms with Gasteiger partial charge in [-0.05, 0) is 38.2 Å². The van der Waals surface area contributed by atoms with Crippen LogP contribution in [0.4, 0.5) is 0 Å². The summed E-state index contributed by atoms with van der Waals surface area (Å²) in [5.74, 6) is -1.01. The summed E-state index contributed by atoms with van der Waals surface area (Å²) in [6, 6.07) is 0. The van der Waals surface area contributed by atoms with Crippen LogP contribution in [0, 0.1) is 0 Å². The van der Waals surface area contributed by atoms with Gasteiger partial charge in [-0.3, -0.25) is 9.59 Å². The topological polar surface area (TPSA) is 83.4 Å². The van der Waals surface area contributed by atoms with Gasteiger partial charge in [-0.25, -0.2) is 0 Å². The van der Waals surface area contributed by atoms with Gasteiger partial charge in [0.1, 0.15) is 4.88 Å². The Hall–Kier alpha value is -1.50. The number of aliphatic carboxylic acids is 1. The third-order valence-corrected chi connectivity index (χ3v) is 3.59. The van der Waals surface area contributed by atoms with Crippen LogP contribution >= 0.6 is 11.5 Å². The summed E-state index contributed by atoms with van der Waals surface area (Å²) in [5.41, 5.74) is 0.217. The summed E-state index contributed by atoms with van der Waals surface area (Å²) >= 11 is 1.06. The van der Waals surface area contributed by atoms with Crippen LogP contribution in [0.1, 0.15) is 62.3 Å². The van der Waals surface area contributed by atoms with E-state index in [0.29, 0.717) is 10.6 Å². The Labute approximate surface area is 123 Å². The highest BCUT2D eigenvalue weighted by molar-refractivity contribution is 7.08. The Balaban J connectivity index is 3.04. The van der Waals surface area contributed by atoms with Gasteiger partial charge in [0.25, 0.3) is 5.91 Å². The lowest BCUT2D eigenvalue weighted by Crippen LogP contribution is -2.46. The SMILES string of the molecule is CC(C)c1nnsc1C(=O)N(CCC(=O)O)C(C)(C)C. The normalized spacial score (nSPS) is 11.7. The van der Waals surface area contributed by atoms with E-state index in [1.165, 1.54) is 0 Å². The molecule has 0 saturated carbocycles. The van der Waals surface area contributed by atoms with E-state index in [1.54, 1.807) is 4.90 Å². The van der Waals surface area contributed by atoms with E-state index < -0.39 is 11.5 Å². The molecule has 1 amide bonds. The predicted molar refractivity (Wildman–Crippen MR) is 77.0 cm³/mol. The van der Waals surface area contributed by atoms with Crippen LogP contribution in [0.15, 0.2) is 0 Å². The van der Waals surface area contributed by atoms with Crippen molar-refractivity contribution in [2.24, 2.45) is 0 Å². The van der Waals surface area contributed by atoms with Crippen LogP contribution in [0.3, 0.4) is 0 Å². The summed E-state index contributed by atoms with van der Waals surface area (Å²) < 4.78 is 3.85. The van der Waals surface area contributed by atoms with E-state index in [1.807, 2.05) is 34.6 Å². The Bertz CT molecular complexity index is 491. The minimum atomic E-state index is -0.918. The molecule has 0 radical (unpaired) electrons. The molecule has 0 aliphatic heterocycles. The number of amides is 1. The van der Waals surface area contributed by atoms with Crippen LogP contribution in [-0.2, 0) is 4.79 Å². The largest absolute Gasteiger partial charge is 0.481 e. The smallest absolute Gasteiger partial charge is 0.305 e. The molecule has 20 heavy (non-hydrogen) atoms. The number of carbonyl (C=O) groups excluding carboxylic acids is 1. The van der Waals surface area contributed by atoms with Gasteiger partial charge in [0.05, 0.1) is 12.1 Å². The zero-order valence-corrected chi connectivity index (χ0v) is 13.3. The van der Waals surface area contributed by atoms with Crippen LogP contribution in [0.25, 0.3) is 0 Å². The third-order valence-electron chi connectivity index (χ3n) is 2.86. The molecule has 0 aliphatic rings. The van der Waals surface area contributed by atoms with E-state index in [2.05, 4.69) is 9.59 Å². The highest BCUT2D eigenvalue weighted by atomic mass is 32.1. The first kappa shape index (κ1) is 16.6. The van der Waals surface area contributed by atoms with E-state index >= 15 is 0 Å². The first-order valence-corrected chi connectivity index (χ1v) is 7.28. The molecule has 0 aromatic carbocycles. The van der Waals surface area contributed by atoms with Crippen LogP contribution in [-0.4, -0.2) is 43.6 Å². The Morgan fingerprint density at radius 3 is 2.40 bits per heavy atom. The zero-order valence-electron chi connectivity index (χ0n) is 12.5. The van der Waals surface area contributed by atoms with Gasteiger partial charge >= 0.3 is 5.97 Å². The molecule has 0 aliphatic carbocycles. The average Bonchev–Trinajstić information content (AvgIpc) is 2.75. The number of aromatic nitrogens is 2. The van der Waals surface area contributed by atoms with Crippen molar-refractivity contribution in [1.29, 1.82) is 0 Å². The lowest BCUT2D eigenvalue weighted by molar-refractivity contribution is -0.137. The fourth-order valence-corrected chi connectivity index (χ4v) is 2.56. The zero-order chi connectivity index (χ0) is 15.5. The van der Waals surface area contributed by atoms with Crippen molar-refractivity contribution in [2.75, 3.05) is 6.54 Å². The Morgan fingerprint density at radius 2 is 1.95 bits per heavy atom. The second-order valence-corrected chi connectivity index (χ2v) is 6.67. The van der Waals surface area contributed by atoms with Crippen LogP contribution in [0.5, 0.6) is 0 Å². The molecule has 7 heteroatoms. The molecular weight excluding hydrogens is 278 g/mol. The number of carboxylic acid groups (broad SMARTS) is 1. The first-order chi connectivity index (χ1) is 9.14. The molecule has 6 nitrogen and oxygen atoms in total. The van der Waals surface area contributed by atoms with Gasteiger partial charge in [-0.15, -0.1) is 5.10 Å². The fraction of sp³-hybridized carbons (Fsp3) is 0.692. The highest BCUT2D eigenvalue weighted by Gasteiger charge is 2.31. The molecule has 0 saturated heterocycles. The summed E-state index contributed by atoms with van der Waals surface area (Å²) in [6.07, 6.45) is -0.0771. The quantitative estimate of drug-likeness (QED) is 0.902. The standard InChI is InChI=1S/C13H21N3O3S/c1-8(2)10-11(20-15-14-10)12(19)16(13(3,4)5)7-6-9(17)18/h8H,6-7H2,1-5H3,(H,17,18). The molecule has 0 unspecified atom stereocenters. The minimum Gasteiger partial charge on any atom is -0.481 e. The second kappa shape index (κ2) is 6.30. The molecule has 1 aromatic heterocycles. The number of nitrogens with zero attached hydrogens (tertiary/aromatic N) is 3. The van der Waals surface area contributed by atoms with Crippen molar-refractivity contribution < 1.29 is 14.7 Å².